The van der Waals surface area contributed by atoms with Crippen LogP contribution >= 0.6 is 11.9 Å². The molecule has 0 aromatic carbocycles. The van der Waals surface area contributed by atoms with E-state index in [4.69, 9.17) is 0 Å². The second kappa shape index (κ2) is 4.14. The van der Waals surface area contributed by atoms with Crippen LogP contribution in [0.2, 0.25) is 0 Å². The summed E-state index contributed by atoms with van der Waals surface area (Å²) in [6, 6.07) is 0. The predicted octanol–water partition coefficient (Wildman–Crippen LogP) is 2.33. The van der Waals surface area contributed by atoms with Crippen molar-refractivity contribution in [3.05, 3.63) is 47.9 Å². The maximum atomic E-state index is 4.48. The molecule has 3 aliphatic heterocycles. The highest BCUT2D eigenvalue weighted by Gasteiger charge is 2.17. The van der Waals surface area contributed by atoms with Gasteiger partial charge in [0, 0.05) is 18.3 Å². The van der Waals surface area contributed by atoms with Crippen molar-refractivity contribution in [2.45, 2.75) is 0 Å². The van der Waals surface area contributed by atoms with E-state index in [1.807, 2.05) is 12.3 Å². The second-order valence-corrected chi connectivity index (χ2v) is 4.32. The van der Waals surface area contributed by atoms with Crippen LogP contribution in [0.15, 0.2) is 57.2 Å². The Morgan fingerprint density at radius 1 is 1.25 bits per heavy atom. The minimum Gasteiger partial charge on any atom is -0.344 e. The highest BCUT2D eigenvalue weighted by Crippen LogP contribution is 2.23. The Labute approximate surface area is 98.8 Å². The molecule has 0 aromatic rings. The summed E-state index contributed by atoms with van der Waals surface area (Å²) >= 11 is 1.48. The molecular weight excluding hydrogens is 218 g/mol. The Balaban J connectivity index is 2.04. The molecule has 0 atom stereocenters. The third-order valence-corrected chi connectivity index (χ3v) is 3.12. The highest BCUT2D eigenvalue weighted by atomic mass is 32.2. The molecule has 0 aliphatic carbocycles. The summed E-state index contributed by atoms with van der Waals surface area (Å²) in [5.74, 6) is 0.718. The Hall–Kier alpha value is -1.55. The molecule has 0 saturated heterocycles. The van der Waals surface area contributed by atoms with E-state index < -0.39 is 0 Å². The third-order valence-electron chi connectivity index (χ3n) is 2.62. The van der Waals surface area contributed by atoms with Crippen LogP contribution in [-0.2, 0) is 0 Å². The van der Waals surface area contributed by atoms with Gasteiger partial charge in [0.05, 0.1) is 17.6 Å². The van der Waals surface area contributed by atoms with E-state index in [2.05, 4.69) is 44.8 Å². The Morgan fingerprint density at radius 2 is 2.25 bits per heavy atom. The van der Waals surface area contributed by atoms with Gasteiger partial charge in [-0.2, -0.15) is 0 Å². The van der Waals surface area contributed by atoms with Gasteiger partial charge in [0.1, 0.15) is 5.88 Å². The van der Waals surface area contributed by atoms with E-state index >= 15 is 0 Å². The number of hydrogen-bond acceptors (Lipinski definition) is 4. The van der Waals surface area contributed by atoms with E-state index in [1.165, 1.54) is 17.6 Å². The Kier molecular flexibility index (Phi) is 2.50. The Morgan fingerprint density at radius 3 is 3.12 bits per heavy atom. The van der Waals surface area contributed by atoms with Crippen LogP contribution in [0.3, 0.4) is 0 Å². The molecule has 16 heavy (non-hydrogen) atoms. The van der Waals surface area contributed by atoms with Gasteiger partial charge in [0.15, 0.2) is 0 Å². The summed E-state index contributed by atoms with van der Waals surface area (Å²) in [4.78, 5) is 6.70. The van der Waals surface area contributed by atoms with Crippen molar-refractivity contribution in [3.63, 3.8) is 0 Å². The smallest absolute Gasteiger partial charge is 0.107 e. The summed E-state index contributed by atoms with van der Waals surface area (Å²) in [5, 5.41) is 0. The van der Waals surface area contributed by atoms with Gasteiger partial charge < -0.3 is 4.90 Å². The van der Waals surface area contributed by atoms with Crippen molar-refractivity contribution in [3.8, 4) is 0 Å². The minimum atomic E-state index is 0.718. The fourth-order valence-corrected chi connectivity index (χ4v) is 2.32. The first kappa shape index (κ1) is 9.66. The summed E-state index contributed by atoms with van der Waals surface area (Å²) in [6.07, 6.45) is 14.4. The molecule has 80 valence electrons. The average molecular weight is 229 g/mol. The van der Waals surface area contributed by atoms with E-state index in [1.54, 1.807) is 0 Å². The number of allylic oxidation sites excluding steroid dienone is 5. The Bertz CT molecular complexity index is 480. The number of aliphatic imine (C=N–C) groups is 1. The number of fused-ring (bicyclic) bond motifs is 1. The van der Waals surface area contributed by atoms with Gasteiger partial charge in [0.25, 0.3) is 0 Å². The van der Waals surface area contributed by atoms with Gasteiger partial charge >= 0.3 is 0 Å². The van der Waals surface area contributed by atoms with Crippen molar-refractivity contribution in [2.24, 2.45) is 9.39 Å². The monoisotopic (exact) mass is 229 g/mol. The molecule has 3 aliphatic rings. The van der Waals surface area contributed by atoms with Gasteiger partial charge in [-0.15, -0.1) is 0 Å². The van der Waals surface area contributed by atoms with Crippen molar-refractivity contribution in [2.75, 3.05) is 12.4 Å². The lowest BCUT2D eigenvalue weighted by molar-refractivity contribution is 0.521. The lowest BCUT2D eigenvalue weighted by Gasteiger charge is -2.27. The molecule has 0 spiro atoms. The fourth-order valence-electron chi connectivity index (χ4n) is 1.88. The maximum absolute atomic E-state index is 4.48. The molecule has 0 radical (unpaired) electrons. The van der Waals surface area contributed by atoms with E-state index in [0.717, 1.165) is 23.7 Å². The zero-order chi connectivity index (χ0) is 10.8. The lowest BCUT2D eigenvalue weighted by atomic mass is 10.0. The molecule has 3 heterocycles. The molecule has 3 rings (SSSR count). The van der Waals surface area contributed by atoms with Gasteiger partial charge in [0.2, 0.25) is 0 Å². The van der Waals surface area contributed by atoms with Crippen LogP contribution < -0.4 is 0 Å². The van der Waals surface area contributed by atoms with Crippen LogP contribution in [0.4, 0.5) is 0 Å². The first-order valence-electron chi connectivity index (χ1n) is 5.17. The number of nitrogens with zero attached hydrogens (tertiary/aromatic N) is 3. The summed E-state index contributed by atoms with van der Waals surface area (Å²) in [7, 11) is 0. The molecule has 0 amide bonds. The summed E-state index contributed by atoms with van der Waals surface area (Å²) in [5.41, 5.74) is 3.35. The van der Waals surface area contributed by atoms with Crippen molar-refractivity contribution in [1.82, 2.24) is 4.90 Å². The van der Waals surface area contributed by atoms with Crippen molar-refractivity contribution >= 4 is 23.9 Å². The number of rotatable bonds is 1. The largest absolute Gasteiger partial charge is 0.344 e. The van der Waals surface area contributed by atoms with E-state index in [0.29, 0.717) is 0 Å². The summed E-state index contributed by atoms with van der Waals surface area (Å²) < 4.78 is 4.20. The zero-order valence-electron chi connectivity index (χ0n) is 8.71. The quantitative estimate of drug-likeness (QED) is 0.645. The van der Waals surface area contributed by atoms with E-state index in [-0.39, 0.29) is 0 Å². The first-order valence-corrected chi connectivity index (χ1v) is 6.12. The predicted molar refractivity (Wildman–Crippen MR) is 69.5 cm³/mol. The topological polar surface area (TPSA) is 28.0 Å². The van der Waals surface area contributed by atoms with Crippen molar-refractivity contribution < 1.29 is 0 Å². The lowest BCUT2D eigenvalue weighted by Crippen LogP contribution is -2.24. The van der Waals surface area contributed by atoms with Gasteiger partial charge in [-0.3, -0.25) is 4.99 Å². The van der Waals surface area contributed by atoms with Crippen LogP contribution in [0.5, 0.6) is 0 Å². The molecular formula is C12H11N3S. The van der Waals surface area contributed by atoms with Crippen LogP contribution in [-0.4, -0.2) is 29.2 Å². The maximum Gasteiger partial charge on any atom is 0.107 e. The molecule has 0 saturated carbocycles. The van der Waals surface area contributed by atoms with Gasteiger partial charge in [-0.25, -0.2) is 4.40 Å². The van der Waals surface area contributed by atoms with Gasteiger partial charge in [-0.1, -0.05) is 18.2 Å². The number of hydrogen-bond donors (Lipinski definition) is 0. The van der Waals surface area contributed by atoms with Gasteiger partial charge in [-0.05, 0) is 24.1 Å². The van der Waals surface area contributed by atoms with Crippen molar-refractivity contribution in [1.29, 1.82) is 0 Å². The van der Waals surface area contributed by atoms with Crippen LogP contribution in [0, 0.1) is 0 Å². The average Bonchev–Trinajstić information content (AvgIpc) is 2.39. The standard InChI is InChI=1S/C12H11N3S/c1-2-6-15-7-3-4-10(12(15)5-1)11-8-14-16-9-13-11/h1-6,8H,7,9H2. The molecule has 0 bridgehead atoms. The normalized spacial score (nSPS) is 22.5. The molecule has 0 unspecified atom stereocenters. The first-order chi connectivity index (χ1) is 7.95. The molecule has 4 heteroatoms. The summed E-state index contributed by atoms with van der Waals surface area (Å²) in [6.45, 7) is 0.929. The minimum absolute atomic E-state index is 0.718. The third kappa shape index (κ3) is 1.65. The molecule has 0 fully saturated rings. The highest BCUT2D eigenvalue weighted by molar-refractivity contribution is 7.98. The molecule has 3 nitrogen and oxygen atoms in total. The zero-order valence-corrected chi connectivity index (χ0v) is 9.52. The fraction of sp³-hybridized carbons (Fsp3) is 0.167. The SMILES string of the molecule is C1=CC2=C(C3=NCSN=C3)C=CCN2C=C1. The molecule has 0 aromatic heterocycles. The second-order valence-electron chi connectivity index (χ2n) is 3.59. The molecule has 0 N–H and O–H groups in total. The van der Waals surface area contributed by atoms with E-state index in [9.17, 15) is 0 Å². The van der Waals surface area contributed by atoms with Crippen LogP contribution in [0.1, 0.15) is 0 Å². The van der Waals surface area contributed by atoms with Crippen LogP contribution in [0.25, 0.3) is 0 Å².